The number of carbonyl (C=O) groups excluding carboxylic acids is 1. The molecule has 1 unspecified atom stereocenters. The first-order valence-corrected chi connectivity index (χ1v) is 13.9. The minimum Gasteiger partial charge on any atom is -0.348 e. The molecule has 0 saturated carbocycles. The molecule has 188 valence electrons. The number of fused-ring (bicyclic) bond motifs is 1. The predicted molar refractivity (Wildman–Crippen MR) is 148 cm³/mol. The van der Waals surface area contributed by atoms with Crippen molar-refractivity contribution in [1.29, 1.82) is 0 Å². The van der Waals surface area contributed by atoms with E-state index in [1.165, 1.54) is 11.8 Å². The summed E-state index contributed by atoms with van der Waals surface area (Å²) in [6, 6.07) is 17.6. The third-order valence-electron chi connectivity index (χ3n) is 6.39. The molecule has 1 aliphatic carbocycles. The van der Waals surface area contributed by atoms with Gasteiger partial charge in [-0.15, -0.1) is 0 Å². The normalized spacial score (nSPS) is 14.8. The van der Waals surface area contributed by atoms with Crippen LogP contribution in [0.1, 0.15) is 55.5 Å². The summed E-state index contributed by atoms with van der Waals surface area (Å²) in [7, 11) is 0. The van der Waals surface area contributed by atoms with E-state index in [1.807, 2.05) is 72.2 Å². The van der Waals surface area contributed by atoms with Crippen molar-refractivity contribution in [2.45, 2.75) is 63.5 Å². The van der Waals surface area contributed by atoms with Crippen LogP contribution in [0.4, 0.5) is 0 Å². The molecule has 0 aliphatic heterocycles. The van der Waals surface area contributed by atoms with Crippen LogP contribution < -0.4 is 10.9 Å². The maximum atomic E-state index is 13.6. The standard InChI is InChI=1S/C29H32ClN3O2S/c1-3-4-8-14-33-28(35)25-15-20(2)24(27(34)31-18-21-10-6-5-7-11-21)17-26(25)32-29(33)36-19-22-12-9-13-23(30)16-22/h5-7,9-13,16-17,20H,3-4,8,14-15,18-19H2,1-2H3,(H,31,34). The van der Waals surface area contributed by atoms with E-state index in [9.17, 15) is 9.59 Å². The summed E-state index contributed by atoms with van der Waals surface area (Å²) in [5.74, 6) is 0.486. The highest BCUT2D eigenvalue weighted by molar-refractivity contribution is 7.98. The highest BCUT2D eigenvalue weighted by atomic mass is 35.5. The van der Waals surface area contributed by atoms with Gasteiger partial charge in [-0.3, -0.25) is 14.2 Å². The molecule has 1 N–H and O–H groups in total. The number of nitrogens with one attached hydrogen (secondary N) is 1. The Morgan fingerprint density at radius 2 is 1.92 bits per heavy atom. The van der Waals surface area contributed by atoms with Gasteiger partial charge in [-0.25, -0.2) is 4.98 Å². The van der Waals surface area contributed by atoms with Gasteiger partial charge in [0.25, 0.3) is 5.56 Å². The van der Waals surface area contributed by atoms with Gasteiger partial charge < -0.3 is 5.32 Å². The predicted octanol–water partition coefficient (Wildman–Crippen LogP) is 6.27. The Kier molecular flexibility index (Phi) is 9.05. The zero-order chi connectivity index (χ0) is 25.5. The number of unbranched alkanes of at least 4 members (excludes halogenated alkanes) is 2. The second-order valence-electron chi connectivity index (χ2n) is 9.21. The number of hydrogen-bond acceptors (Lipinski definition) is 4. The lowest BCUT2D eigenvalue weighted by Crippen LogP contribution is -2.34. The molecular formula is C29H32ClN3O2S. The fraction of sp³-hybridized carbons (Fsp3) is 0.345. The van der Waals surface area contributed by atoms with Gasteiger partial charge in [0.2, 0.25) is 5.91 Å². The largest absolute Gasteiger partial charge is 0.348 e. The average Bonchev–Trinajstić information content (AvgIpc) is 2.88. The Balaban J connectivity index is 1.62. The van der Waals surface area contributed by atoms with E-state index < -0.39 is 0 Å². The van der Waals surface area contributed by atoms with Gasteiger partial charge in [0.15, 0.2) is 5.16 Å². The molecule has 1 aromatic heterocycles. The van der Waals surface area contributed by atoms with E-state index in [-0.39, 0.29) is 17.4 Å². The monoisotopic (exact) mass is 521 g/mol. The van der Waals surface area contributed by atoms with Gasteiger partial charge >= 0.3 is 0 Å². The number of thioether (sulfide) groups is 1. The Morgan fingerprint density at radius 1 is 1.14 bits per heavy atom. The van der Waals surface area contributed by atoms with E-state index >= 15 is 0 Å². The van der Waals surface area contributed by atoms with E-state index in [0.29, 0.717) is 52.3 Å². The number of halogens is 1. The van der Waals surface area contributed by atoms with Gasteiger partial charge in [-0.05, 0) is 48.1 Å². The lowest BCUT2D eigenvalue weighted by Gasteiger charge is -2.23. The van der Waals surface area contributed by atoms with Gasteiger partial charge in [0, 0.05) is 35.0 Å². The summed E-state index contributed by atoms with van der Waals surface area (Å²) >= 11 is 7.70. The molecule has 7 heteroatoms. The number of nitrogens with zero attached hydrogens (tertiary/aromatic N) is 2. The Morgan fingerprint density at radius 3 is 2.67 bits per heavy atom. The van der Waals surface area contributed by atoms with Crippen LogP contribution in [0.5, 0.6) is 0 Å². The molecule has 1 atom stereocenters. The van der Waals surface area contributed by atoms with Crippen molar-refractivity contribution in [3.8, 4) is 0 Å². The zero-order valence-electron chi connectivity index (χ0n) is 20.8. The lowest BCUT2D eigenvalue weighted by molar-refractivity contribution is -0.118. The average molecular weight is 522 g/mol. The van der Waals surface area contributed by atoms with Crippen molar-refractivity contribution in [2.75, 3.05) is 0 Å². The minimum atomic E-state index is -0.112. The van der Waals surface area contributed by atoms with Crippen LogP contribution in [0.15, 0.2) is 70.1 Å². The summed E-state index contributed by atoms with van der Waals surface area (Å²) < 4.78 is 1.82. The van der Waals surface area contributed by atoms with Gasteiger partial charge in [-0.1, -0.05) is 92.5 Å². The van der Waals surface area contributed by atoms with Crippen LogP contribution in [0, 0.1) is 5.92 Å². The van der Waals surface area contributed by atoms with Crippen molar-refractivity contribution < 1.29 is 4.79 Å². The molecule has 2 aromatic carbocycles. The molecule has 0 saturated heterocycles. The topological polar surface area (TPSA) is 64.0 Å². The van der Waals surface area contributed by atoms with Crippen LogP contribution in [0.3, 0.4) is 0 Å². The molecule has 5 nitrogen and oxygen atoms in total. The number of amides is 1. The fourth-order valence-electron chi connectivity index (χ4n) is 4.38. The first kappa shape index (κ1) is 26.2. The molecule has 36 heavy (non-hydrogen) atoms. The van der Waals surface area contributed by atoms with Crippen LogP contribution in [-0.4, -0.2) is 15.5 Å². The summed E-state index contributed by atoms with van der Waals surface area (Å²) in [4.78, 5) is 31.5. The molecule has 0 spiro atoms. The number of benzene rings is 2. The van der Waals surface area contributed by atoms with Gasteiger partial charge in [0.05, 0.1) is 5.69 Å². The molecule has 0 bridgehead atoms. The molecule has 1 amide bonds. The third kappa shape index (κ3) is 6.48. The van der Waals surface area contributed by atoms with E-state index in [2.05, 4.69) is 12.2 Å². The minimum absolute atomic E-state index is 0.0107. The molecule has 4 rings (SSSR count). The van der Waals surface area contributed by atoms with E-state index in [4.69, 9.17) is 16.6 Å². The Labute approximate surface area is 222 Å². The maximum absolute atomic E-state index is 13.6. The molecular weight excluding hydrogens is 490 g/mol. The van der Waals surface area contributed by atoms with Crippen LogP contribution in [0.2, 0.25) is 5.02 Å². The summed E-state index contributed by atoms with van der Waals surface area (Å²) in [5.41, 5.74) is 4.11. The number of hydrogen-bond donors (Lipinski definition) is 1. The van der Waals surface area contributed by atoms with E-state index in [0.717, 1.165) is 30.4 Å². The fourth-order valence-corrected chi connectivity index (χ4v) is 5.56. The first-order chi connectivity index (χ1) is 17.5. The summed E-state index contributed by atoms with van der Waals surface area (Å²) in [6.45, 7) is 5.26. The number of rotatable bonds is 10. The Hall–Kier alpha value is -2.83. The van der Waals surface area contributed by atoms with Crippen LogP contribution >= 0.6 is 23.4 Å². The smallest absolute Gasteiger partial charge is 0.257 e. The third-order valence-corrected chi connectivity index (χ3v) is 7.68. The van der Waals surface area contributed by atoms with Gasteiger partial charge in [-0.2, -0.15) is 0 Å². The maximum Gasteiger partial charge on any atom is 0.257 e. The van der Waals surface area contributed by atoms with E-state index in [1.54, 1.807) is 0 Å². The van der Waals surface area contributed by atoms with Crippen molar-refractivity contribution in [2.24, 2.45) is 5.92 Å². The lowest BCUT2D eigenvalue weighted by atomic mass is 9.86. The SMILES string of the molecule is CCCCCn1c(SCc2cccc(Cl)c2)nc2c(c1=O)CC(C)C(C(=O)NCc1ccccc1)=C2. The molecule has 1 aliphatic rings. The molecule has 1 heterocycles. The van der Waals surface area contributed by atoms with Crippen molar-refractivity contribution in [3.63, 3.8) is 0 Å². The van der Waals surface area contributed by atoms with Crippen molar-refractivity contribution in [3.05, 3.63) is 97.9 Å². The highest BCUT2D eigenvalue weighted by Crippen LogP contribution is 2.29. The Bertz CT molecular complexity index is 1300. The molecule has 0 fully saturated rings. The van der Waals surface area contributed by atoms with Crippen LogP contribution in [-0.2, 0) is 30.1 Å². The first-order valence-electron chi connectivity index (χ1n) is 12.5. The van der Waals surface area contributed by atoms with Gasteiger partial charge in [0.1, 0.15) is 0 Å². The second kappa shape index (κ2) is 12.4. The second-order valence-corrected chi connectivity index (χ2v) is 10.6. The number of aromatic nitrogens is 2. The highest BCUT2D eigenvalue weighted by Gasteiger charge is 2.27. The molecule has 3 aromatic rings. The van der Waals surface area contributed by atoms with Crippen molar-refractivity contribution >= 4 is 35.3 Å². The quantitative estimate of drug-likeness (QED) is 0.194. The zero-order valence-corrected chi connectivity index (χ0v) is 22.4. The summed E-state index contributed by atoms with van der Waals surface area (Å²) in [6.07, 6.45) is 5.40. The number of carbonyl (C=O) groups is 1. The molecule has 0 radical (unpaired) electrons. The van der Waals surface area contributed by atoms with Crippen molar-refractivity contribution in [1.82, 2.24) is 14.9 Å². The summed E-state index contributed by atoms with van der Waals surface area (Å²) in [5, 5.41) is 4.40. The van der Waals surface area contributed by atoms with Crippen LogP contribution in [0.25, 0.3) is 6.08 Å².